The Balaban J connectivity index is 1.95. The largest absolute Gasteiger partial charge is 0.353 e. The SMILES string of the molecule is O=C(CCl)N[C@H]1CCCN(c2cnccn2)C1. The first-order valence-corrected chi connectivity index (χ1v) is 6.19. The van der Waals surface area contributed by atoms with E-state index in [1.165, 1.54) is 0 Å². The summed E-state index contributed by atoms with van der Waals surface area (Å²) in [7, 11) is 0. The van der Waals surface area contributed by atoms with Crippen molar-refractivity contribution in [3.05, 3.63) is 18.6 Å². The molecule has 0 aliphatic carbocycles. The van der Waals surface area contributed by atoms with E-state index in [0.717, 1.165) is 31.7 Å². The van der Waals surface area contributed by atoms with Crippen LogP contribution in [0.2, 0.25) is 0 Å². The van der Waals surface area contributed by atoms with E-state index in [1.54, 1.807) is 18.6 Å². The van der Waals surface area contributed by atoms with Crippen molar-refractivity contribution < 1.29 is 4.79 Å². The van der Waals surface area contributed by atoms with Crippen molar-refractivity contribution in [1.29, 1.82) is 0 Å². The van der Waals surface area contributed by atoms with Gasteiger partial charge in [0.1, 0.15) is 11.7 Å². The van der Waals surface area contributed by atoms with Crippen LogP contribution in [-0.2, 0) is 4.79 Å². The molecule has 1 aromatic rings. The zero-order valence-electron chi connectivity index (χ0n) is 9.47. The predicted octanol–water partition coefficient (Wildman–Crippen LogP) is 0.800. The zero-order valence-corrected chi connectivity index (χ0v) is 10.2. The van der Waals surface area contributed by atoms with Crippen LogP contribution in [0.25, 0.3) is 0 Å². The number of rotatable bonds is 3. The molecule has 0 spiro atoms. The molecule has 0 radical (unpaired) electrons. The van der Waals surface area contributed by atoms with Crippen molar-refractivity contribution in [2.24, 2.45) is 0 Å². The molecule has 1 aromatic heterocycles. The van der Waals surface area contributed by atoms with Gasteiger partial charge in [0.2, 0.25) is 5.91 Å². The molecule has 0 saturated carbocycles. The quantitative estimate of drug-likeness (QED) is 0.811. The highest BCUT2D eigenvalue weighted by Crippen LogP contribution is 2.16. The molecule has 1 fully saturated rings. The fourth-order valence-electron chi connectivity index (χ4n) is 2.02. The number of carbonyl (C=O) groups excluding carboxylic acids is 1. The van der Waals surface area contributed by atoms with E-state index >= 15 is 0 Å². The van der Waals surface area contributed by atoms with E-state index in [0.29, 0.717) is 0 Å². The van der Waals surface area contributed by atoms with Crippen molar-refractivity contribution >= 4 is 23.3 Å². The molecule has 0 aromatic carbocycles. The summed E-state index contributed by atoms with van der Waals surface area (Å²) in [4.78, 5) is 21.7. The second-order valence-electron chi connectivity index (χ2n) is 4.05. The average Bonchev–Trinajstić information content (AvgIpc) is 2.40. The number of piperidine rings is 1. The van der Waals surface area contributed by atoms with Crippen molar-refractivity contribution in [3.63, 3.8) is 0 Å². The fraction of sp³-hybridized carbons (Fsp3) is 0.545. The maximum absolute atomic E-state index is 11.2. The third-order valence-corrected chi connectivity index (χ3v) is 3.02. The molecule has 92 valence electrons. The topological polar surface area (TPSA) is 58.1 Å². The van der Waals surface area contributed by atoms with Crippen LogP contribution < -0.4 is 10.2 Å². The predicted molar refractivity (Wildman–Crippen MR) is 66.1 cm³/mol. The highest BCUT2D eigenvalue weighted by molar-refractivity contribution is 6.27. The van der Waals surface area contributed by atoms with Gasteiger partial charge in [-0.2, -0.15) is 0 Å². The molecular weight excluding hydrogens is 240 g/mol. The Kier molecular flexibility index (Phi) is 4.14. The van der Waals surface area contributed by atoms with Gasteiger partial charge in [-0.3, -0.25) is 9.78 Å². The van der Waals surface area contributed by atoms with Gasteiger partial charge in [-0.1, -0.05) is 0 Å². The van der Waals surface area contributed by atoms with Gasteiger partial charge in [0.25, 0.3) is 0 Å². The van der Waals surface area contributed by atoms with Crippen LogP contribution in [0.1, 0.15) is 12.8 Å². The maximum Gasteiger partial charge on any atom is 0.235 e. The summed E-state index contributed by atoms with van der Waals surface area (Å²) in [6.07, 6.45) is 7.09. The summed E-state index contributed by atoms with van der Waals surface area (Å²) < 4.78 is 0. The monoisotopic (exact) mass is 254 g/mol. The molecule has 6 heteroatoms. The van der Waals surface area contributed by atoms with Gasteiger partial charge in [0.05, 0.1) is 6.20 Å². The number of carbonyl (C=O) groups is 1. The van der Waals surface area contributed by atoms with Crippen LogP contribution in [0.15, 0.2) is 18.6 Å². The third kappa shape index (κ3) is 3.30. The zero-order chi connectivity index (χ0) is 12.1. The van der Waals surface area contributed by atoms with Gasteiger partial charge in [-0.05, 0) is 12.8 Å². The van der Waals surface area contributed by atoms with Crippen molar-refractivity contribution in [2.75, 3.05) is 23.9 Å². The minimum Gasteiger partial charge on any atom is -0.353 e. The molecule has 5 nitrogen and oxygen atoms in total. The van der Waals surface area contributed by atoms with Gasteiger partial charge in [0, 0.05) is 31.5 Å². The second kappa shape index (κ2) is 5.82. The fourth-order valence-corrected chi connectivity index (χ4v) is 2.10. The van der Waals surface area contributed by atoms with Crippen molar-refractivity contribution in [1.82, 2.24) is 15.3 Å². The smallest absolute Gasteiger partial charge is 0.235 e. The number of hydrogen-bond donors (Lipinski definition) is 1. The molecule has 1 saturated heterocycles. The molecule has 17 heavy (non-hydrogen) atoms. The highest BCUT2D eigenvalue weighted by Gasteiger charge is 2.21. The minimum atomic E-state index is -0.113. The van der Waals surface area contributed by atoms with E-state index in [4.69, 9.17) is 11.6 Å². The molecule has 1 aliphatic rings. The lowest BCUT2D eigenvalue weighted by Crippen LogP contribution is -2.48. The van der Waals surface area contributed by atoms with Crippen molar-refractivity contribution in [3.8, 4) is 0 Å². The molecule has 1 amide bonds. The Hall–Kier alpha value is -1.36. The second-order valence-corrected chi connectivity index (χ2v) is 4.32. The minimum absolute atomic E-state index is 0.0155. The Labute approximate surface area is 105 Å². The van der Waals surface area contributed by atoms with Crippen LogP contribution in [0, 0.1) is 0 Å². The number of nitrogens with one attached hydrogen (secondary N) is 1. The molecular formula is C11H15ClN4O. The van der Waals surface area contributed by atoms with Gasteiger partial charge in [0.15, 0.2) is 0 Å². The normalized spacial score (nSPS) is 20.1. The Morgan fingerprint density at radius 3 is 3.18 bits per heavy atom. The molecule has 0 bridgehead atoms. The molecule has 2 heterocycles. The Bertz CT molecular complexity index is 373. The van der Waals surface area contributed by atoms with E-state index in [9.17, 15) is 4.79 Å². The lowest BCUT2D eigenvalue weighted by Gasteiger charge is -2.33. The molecule has 1 aliphatic heterocycles. The number of aromatic nitrogens is 2. The Morgan fingerprint density at radius 1 is 1.59 bits per heavy atom. The number of nitrogens with zero attached hydrogens (tertiary/aromatic N) is 3. The van der Waals surface area contributed by atoms with Crippen LogP contribution in [0.4, 0.5) is 5.82 Å². The summed E-state index contributed by atoms with van der Waals surface area (Å²) in [5.41, 5.74) is 0. The molecule has 2 rings (SSSR count). The first kappa shape index (κ1) is 12.1. The lowest BCUT2D eigenvalue weighted by molar-refractivity contribution is -0.119. The molecule has 1 atom stereocenters. The number of halogens is 1. The maximum atomic E-state index is 11.2. The number of amides is 1. The number of alkyl halides is 1. The highest BCUT2D eigenvalue weighted by atomic mass is 35.5. The third-order valence-electron chi connectivity index (χ3n) is 2.78. The molecule has 1 N–H and O–H groups in total. The van der Waals surface area contributed by atoms with E-state index in [-0.39, 0.29) is 17.8 Å². The van der Waals surface area contributed by atoms with Gasteiger partial charge >= 0.3 is 0 Å². The average molecular weight is 255 g/mol. The van der Waals surface area contributed by atoms with Crippen LogP contribution in [-0.4, -0.2) is 40.9 Å². The van der Waals surface area contributed by atoms with E-state index < -0.39 is 0 Å². The summed E-state index contributed by atoms with van der Waals surface area (Å²) in [5.74, 6) is 0.761. The lowest BCUT2D eigenvalue weighted by atomic mass is 10.1. The van der Waals surface area contributed by atoms with E-state index in [2.05, 4.69) is 20.2 Å². The number of anilines is 1. The van der Waals surface area contributed by atoms with Crippen molar-refractivity contribution in [2.45, 2.75) is 18.9 Å². The van der Waals surface area contributed by atoms with Gasteiger partial charge < -0.3 is 10.2 Å². The van der Waals surface area contributed by atoms with Crippen LogP contribution in [0.5, 0.6) is 0 Å². The summed E-state index contributed by atoms with van der Waals surface area (Å²) in [5, 5.41) is 2.91. The van der Waals surface area contributed by atoms with Gasteiger partial charge in [-0.15, -0.1) is 11.6 Å². The first-order chi connectivity index (χ1) is 8.29. The molecule has 0 unspecified atom stereocenters. The van der Waals surface area contributed by atoms with Gasteiger partial charge in [-0.25, -0.2) is 4.98 Å². The summed E-state index contributed by atoms with van der Waals surface area (Å²) >= 11 is 5.48. The van der Waals surface area contributed by atoms with Crippen LogP contribution in [0.3, 0.4) is 0 Å². The summed E-state index contributed by atoms with van der Waals surface area (Å²) in [6.45, 7) is 1.72. The number of hydrogen-bond acceptors (Lipinski definition) is 4. The van der Waals surface area contributed by atoms with Crippen LogP contribution >= 0.6 is 11.6 Å². The first-order valence-electron chi connectivity index (χ1n) is 5.66. The standard InChI is InChI=1S/C11H15ClN4O/c12-6-11(17)15-9-2-1-5-16(8-9)10-7-13-3-4-14-10/h3-4,7,9H,1-2,5-6,8H2,(H,15,17)/t9-/m0/s1. The van der Waals surface area contributed by atoms with E-state index in [1.807, 2.05) is 0 Å². The Morgan fingerprint density at radius 2 is 2.47 bits per heavy atom. The summed E-state index contributed by atoms with van der Waals surface area (Å²) in [6, 6.07) is 0.150.